The Kier molecular flexibility index (Phi) is 3.84. The standard InChI is InChI=1S/C18H17N3O2S/c1-2-22-13-7-5-12(6-8-13)17-14(10-19)21-15(11-24-18(21)20-17)16-4-3-9-23-16/h3-9,11H,2,10,19H2,1H3. The minimum atomic E-state index is 0.397. The van der Waals surface area contributed by atoms with Gasteiger partial charge in [0.2, 0.25) is 0 Å². The van der Waals surface area contributed by atoms with Gasteiger partial charge in [-0.2, -0.15) is 0 Å². The zero-order chi connectivity index (χ0) is 16.5. The van der Waals surface area contributed by atoms with E-state index < -0.39 is 0 Å². The fourth-order valence-corrected chi connectivity index (χ4v) is 3.70. The molecule has 6 heteroatoms. The smallest absolute Gasteiger partial charge is 0.195 e. The maximum absolute atomic E-state index is 6.05. The Morgan fingerprint density at radius 1 is 1.25 bits per heavy atom. The maximum atomic E-state index is 6.05. The molecule has 3 heterocycles. The van der Waals surface area contributed by atoms with Gasteiger partial charge in [0.25, 0.3) is 0 Å². The third-order valence-corrected chi connectivity index (χ3v) is 4.69. The molecule has 0 amide bonds. The van der Waals surface area contributed by atoms with Crippen molar-refractivity contribution in [1.82, 2.24) is 9.38 Å². The first-order valence-electron chi connectivity index (χ1n) is 7.77. The fraction of sp³-hybridized carbons (Fsp3) is 0.167. The Balaban J connectivity index is 1.84. The van der Waals surface area contributed by atoms with E-state index in [0.717, 1.165) is 39.1 Å². The highest BCUT2D eigenvalue weighted by Crippen LogP contribution is 2.33. The van der Waals surface area contributed by atoms with Crippen molar-refractivity contribution in [2.24, 2.45) is 5.73 Å². The molecule has 122 valence electrons. The van der Waals surface area contributed by atoms with Gasteiger partial charge in [0.1, 0.15) is 11.4 Å². The van der Waals surface area contributed by atoms with Crippen LogP contribution in [-0.2, 0) is 6.54 Å². The molecule has 0 aliphatic rings. The SMILES string of the molecule is CCOc1ccc(-c2nc3scc(-c4ccco4)n3c2CN)cc1. The van der Waals surface area contributed by atoms with E-state index in [4.69, 9.17) is 19.9 Å². The second-order valence-corrected chi connectivity index (χ2v) is 6.12. The Hall–Kier alpha value is -2.57. The van der Waals surface area contributed by atoms with Gasteiger partial charge < -0.3 is 14.9 Å². The first-order valence-corrected chi connectivity index (χ1v) is 8.65. The molecule has 4 rings (SSSR count). The maximum Gasteiger partial charge on any atom is 0.195 e. The number of fused-ring (bicyclic) bond motifs is 1. The van der Waals surface area contributed by atoms with Crippen LogP contribution in [0.5, 0.6) is 5.75 Å². The highest BCUT2D eigenvalue weighted by molar-refractivity contribution is 7.15. The summed E-state index contributed by atoms with van der Waals surface area (Å²) < 4.78 is 13.1. The fourth-order valence-electron chi connectivity index (χ4n) is 2.81. The number of imidazole rings is 1. The van der Waals surface area contributed by atoms with Crippen molar-refractivity contribution in [2.75, 3.05) is 6.61 Å². The summed E-state index contributed by atoms with van der Waals surface area (Å²) in [4.78, 5) is 5.69. The lowest BCUT2D eigenvalue weighted by molar-refractivity contribution is 0.340. The molecule has 4 aromatic rings. The molecule has 0 aliphatic carbocycles. The van der Waals surface area contributed by atoms with E-state index in [0.29, 0.717) is 13.2 Å². The van der Waals surface area contributed by atoms with Crippen LogP contribution in [0.25, 0.3) is 27.7 Å². The number of hydrogen-bond donors (Lipinski definition) is 1. The molecule has 0 bridgehead atoms. The van der Waals surface area contributed by atoms with Gasteiger partial charge in [0, 0.05) is 17.5 Å². The van der Waals surface area contributed by atoms with Crippen molar-refractivity contribution in [3.63, 3.8) is 0 Å². The highest BCUT2D eigenvalue weighted by atomic mass is 32.1. The van der Waals surface area contributed by atoms with Crippen LogP contribution >= 0.6 is 11.3 Å². The van der Waals surface area contributed by atoms with Crippen LogP contribution in [0.4, 0.5) is 0 Å². The number of rotatable bonds is 5. The Morgan fingerprint density at radius 2 is 2.08 bits per heavy atom. The molecule has 0 atom stereocenters. The van der Waals surface area contributed by atoms with E-state index in [9.17, 15) is 0 Å². The van der Waals surface area contributed by atoms with E-state index >= 15 is 0 Å². The quantitative estimate of drug-likeness (QED) is 0.592. The average Bonchev–Trinajstić information content (AvgIpc) is 3.31. The normalized spacial score (nSPS) is 11.2. The number of benzene rings is 1. The molecule has 3 aromatic heterocycles. The topological polar surface area (TPSA) is 65.7 Å². The minimum Gasteiger partial charge on any atom is -0.494 e. The molecule has 24 heavy (non-hydrogen) atoms. The van der Waals surface area contributed by atoms with Gasteiger partial charge in [0.05, 0.1) is 24.3 Å². The molecule has 0 unspecified atom stereocenters. The molecule has 0 saturated heterocycles. The second-order valence-electron chi connectivity index (χ2n) is 5.28. The average molecular weight is 339 g/mol. The molecule has 2 N–H and O–H groups in total. The predicted octanol–water partition coefficient (Wildman–Crippen LogP) is 4.18. The van der Waals surface area contributed by atoms with Crippen molar-refractivity contribution in [2.45, 2.75) is 13.5 Å². The van der Waals surface area contributed by atoms with E-state index in [1.807, 2.05) is 48.7 Å². The highest BCUT2D eigenvalue weighted by Gasteiger charge is 2.18. The van der Waals surface area contributed by atoms with Gasteiger partial charge in [-0.05, 0) is 43.3 Å². The van der Waals surface area contributed by atoms with Gasteiger partial charge >= 0.3 is 0 Å². The van der Waals surface area contributed by atoms with Gasteiger partial charge in [-0.15, -0.1) is 11.3 Å². The van der Waals surface area contributed by atoms with Crippen molar-refractivity contribution in [1.29, 1.82) is 0 Å². The van der Waals surface area contributed by atoms with Crippen molar-refractivity contribution in [3.8, 4) is 28.5 Å². The predicted molar refractivity (Wildman–Crippen MR) is 95.3 cm³/mol. The summed E-state index contributed by atoms with van der Waals surface area (Å²) in [5.74, 6) is 1.67. The van der Waals surface area contributed by atoms with Gasteiger partial charge in [-0.25, -0.2) is 4.98 Å². The number of ether oxygens (including phenoxy) is 1. The molecule has 0 aliphatic heterocycles. The van der Waals surface area contributed by atoms with Crippen molar-refractivity contribution in [3.05, 3.63) is 53.7 Å². The number of thiazole rings is 1. The van der Waals surface area contributed by atoms with E-state index in [-0.39, 0.29) is 0 Å². The van der Waals surface area contributed by atoms with Crippen LogP contribution in [0.3, 0.4) is 0 Å². The van der Waals surface area contributed by atoms with Crippen molar-refractivity contribution < 1.29 is 9.15 Å². The monoisotopic (exact) mass is 339 g/mol. The minimum absolute atomic E-state index is 0.397. The lowest BCUT2D eigenvalue weighted by Crippen LogP contribution is -2.03. The van der Waals surface area contributed by atoms with Crippen LogP contribution < -0.4 is 10.5 Å². The van der Waals surface area contributed by atoms with E-state index in [1.165, 1.54) is 0 Å². The zero-order valence-corrected chi connectivity index (χ0v) is 14.0. The van der Waals surface area contributed by atoms with Gasteiger partial charge in [0.15, 0.2) is 10.7 Å². The summed E-state index contributed by atoms with van der Waals surface area (Å²) in [6.45, 7) is 3.02. The molecular formula is C18H17N3O2S. The first-order chi connectivity index (χ1) is 11.8. The summed E-state index contributed by atoms with van der Waals surface area (Å²) >= 11 is 1.58. The van der Waals surface area contributed by atoms with Crippen LogP contribution in [0.1, 0.15) is 12.6 Å². The van der Waals surface area contributed by atoms with Crippen LogP contribution in [0.15, 0.2) is 52.5 Å². The van der Waals surface area contributed by atoms with Gasteiger partial charge in [-0.1, -0.05) is 0 Å². The largest absolute Gasteiger partial charge is 0.494 e. The molecule has 1 aromatic carbocycles. The number of hydrogen-bond acceptors (Lipinski definition) is 5. The lowest BCUT2D eigenvalue weighted by Gasteiger charge is -2.06. The second kappa shape index (κ2) is 6.14. The van der Waals surface area contributed by atoms with Gasteiger partial charge in [-0.3, -0.25) is 4.40 Å². The molecule has 0 saturated carbocycles. The summed E-state index contributed by atoms with van der Waals surface area (Å²) in [6.07, 6.45) is 1.67. The van der Waals surface area contributed by atoms with Crippen LogP contribution in [0, 0.1) is 0 Å². The van der Waals surface area contributed by atoms with E-state index in [2.05, 4.69) is 4.40 Å². The molecule has 0 spiro atoms. The number of furan rings is 1. The summed E-state index contributed by atoms with van der Waals surface area (Å²) in [5.41, 5.74) is 9.93. The summed E-state index contributed by atoms with van der Waals surface area (Å²) in [6, 6.07) is 11.8. The first kappa shape index (κ1) is 15.0. The summed E-state index contributed by atoms with van der Waals surface area (Å²) in [7, 11) is 0. The Bertz CT molecular complexity index is 952. The lowest BCUT2D eigenvalue weighted by atomic mass is 10.1. The Morgan fingerprint density at radius 3 is 2.75 bits per heavy atom. The third-order valence-electron chi connectivity index (χ3n) is 3.86. The molecule has 0 fully saturated rings. The number of nitrogens with two attached hydrogens (primary N) is 1. The summed E-state index contributed by atoms with van der Waals surface area (Å²) in [5, 5.41) is 2.04. The zero-order valence-electron chi connectivity index (χ0n) is 13.2. The third kappa shape index (κ3) is 2.40. The van der Waals surface area contributed by atoms with Crippen LogP contribution in [-0.4, -0.2) is 16.0 Å². The molecule has 5 nitrogen and oxygen atoms in total. The van der Waals surface area contributed by atoms with E-state index in [1.54, 1.807) is 17.6 Å². The number of aromatic nitrogens is 2. The molecular weight excluding hydrogens is 322 g/mol. The van der Waals surface area contributed by atoms with Crippen molar-refractivity contribution >= 4 is 16.3 Å². The molecule has 0 radical (unpaired) electrons. The number of nitrogens with zero attached hydrogens (tertiary/aromatic N) is 2. The van der Waals surface area contributed by atoms with Crippen LogP contribution in [0.2, 0.25) is 0 Å². The Labute approximate surface area is 143 Å².